The Labute approximate surface area is 164 Å². The van der Waals surface area contributed by atoms with Crippen molar-refractivity contribution < 1.29 is 19.0 Å². The van der Waals surface area contributed by atoms with E-state index in [4.69, 9.17) is 26.4 Å². The zero-order valence-electron chi connectivity index (χ0n) is 15.9. The van der Waals surface area contributed by atoms with E-state index in [-0.39, 0.29) is 12.0 Å². The first kappa shape index (κ1) is 20.5. The van der Waals surface area contributed by atoms with Crippen LogP contribution < -0.4 is 20.1 Å². The Balaban J connectivity index is 1.88. The lowest BCUT2D eigenvalue weighted by atomic mass is 10.1. The van der Waals surface area contributed by atoms with Crippen LogP contribution in [-0.2, 0) is 4.74 Å². The van der Waals surface area contributed by atoms with Gasteiger partial charge >= 0.3 is 5.97 Å². The third-order valence-corrected chi connectivity index (χ3v) is 4.14. The lowest BCUT2D eigenvalue weighted by Crippen LogP contribution is -2.39. The Morgan fingerprint density at radius 2 is 1.78 bits per heavy atom. The monoisotopic (exact) mass is 388 g/mol. The summed E-state index contributed by atoms with van der Waals surface area (Å²) in [7, 11) is 2.98. The first-order valence-corrected chi connectivity index (χ1v) is 8.87. The van der Waals surface area contributed by atoms with Crippen LogP contribution in [0.4, 0.5) is 5.69 Å². The fourth-order valence-electron chi connectivity index (χ4n) is 2.42. The smallest absolute Gasteiger partial charge is 0.338 e. The third kappa shape index (κ3) is 5.86. The minimum atomic E-state index is -0.378. The summed E-state index contributed by atoms with van der Waals surface area (Å²) in [6, 6.07) is 12.7. The summed E-state index contributed by atoms with van der Waals surface area (Å²) in [5.74, 6) is 1.16. The number of carbonyl (C=O) groups is 1. The van der Waals surface area contributed by atoms with Crippen LogP contribution in [0.25, 0.3) is 0 Å². The number of carbonyl (C=O) groups excluding carboxylic acids is 1. The van der Waals surface area contributed by atoms with Crippen molar-refractivity contribution in [2.24, 2.45) is 0 Å². The highest BCUT2D eigenvalue weighted by Gasteiger charge is 2.13. The standard InChI is InChI=1S/C20H24N2O4S/c1-13(12-26-16-10-8-15(24-3)9-11-16)21-20(27)22-18-7-5-6-17(14(18)2)19(23)25-4/h5-11,13H,12H2,1-4H3,(H2,21,22,27)/t13-/m0/s1. The minimum absolute atomic E-state index is 0.0174. The molecule has 1 atom stereocenters. The van der Waals surface area contributed by atoms with Gasteiger partial charge in [-0.3, -0.25) is 0 Å². The van der Waals surface area contributed by atoms with Gasteiger partial charge in [0.15, 0.2) is 5.11 Å². The fourth-order valence-corrected chi connectivity index (χ4v) is 2.73. The van der Waals surface area contributed by atoms with E-state index in [1.165, 1.54) is 7.11 Å². The molecule has 0 saturated heterocycles. The molecule has 0 fully saturated rings. The first-order chi connectivity index (χ1) is 12.9. The van der Waals surface area contributed by atoms with E-state index in [0.717, 1.165) is 22.7 Å². The number of esters is 1. The van der Waals surface area contributed by atoms with Crippen LogP contribution in [0.3, 0.4) is 0 Å². The predicted octanol–water partition coefficient (Wildman–Crippen LogP) is 3.54. The van der Waals surface area contributed by atoms with Crippen LogP contribution in [0.2, 0.25) is 0 Å². The van der Waals surface area contributed by atoms with Gasteiger partial charge in [0.05, 0.1) is 25.8 Å². The summed E-state index contributed by atoms with van der Waals surface area (Å²) in [4.78, 5) is 11.8. The van der Waals surface area contributed by atoms with Crippen molar-refractivity contribution in [3.63, 3.8) is 0 Å². The van der Waals surface area contributed by atoms with Gasteiger partial charge in [-0.25, -0.2) is 4.79 Å². The van der Waals surface area contributed by atoms with E-state index < -0.39 is 0 Å². The first-order valence-electron chi connectivity index (χ1n) is 8.47. The SMILES string of the molecule is COC(=O)c1cccc(NC(=S)N[C@@H](C)COc2ccc(OC)cc2)c1C. The number of benzene rings is 2. The number of rotatable bonds is 7. The second-order valence-corrected chi connectivity index (χ2v) is 6.36. The van der Waals surface area contributed by atoms with E-state index in [1.54, 1.807) is 19.2 Å². The number of nitrogens with one attached hydrogen (secondary N) is 2. The van der Waals surface area contributed by atoms with Crippen molar-refractivity contribution in [2.45, 2.75) is 19.9 Å². The summed E-state index contributed by atoms with van der Waals surface area (Å²) in [5.41, 5.74) is 2.02. The molecule has 0 spiro atoms. The summed E-state index contributed by atoms with van der Waals surface area (Å²) in [5, 5.41) is 6.73. The molecule has 27 heavy (non-hydrogen) atoms. The maximum absolute atomic E-state index is 11.8. The lowest BCUT2D eigenvalue weighted by Gasteiger charge is -2.19. The molecule has 0 saturated carbocycles. The summed E-state index contributed by atoms with van der Waals surface area (Å²) in [6.45, 7) is 4.25. The van der Waals surface area contributed by atoms with Crippen LogP contribution in [-0.4, -0.2) is 38.0 Å². The average Bonchev–Trinajstić information content (AvgIpc) is 2.67. The van der Waals surface area contributed by atoms with Gasteiger partial charge in [0.2, 0.25) is 0 Å². The topological polar surface area (TPSA) is 68.8 Å². The molecule has 2 aromatic carbocycles. The van der Waals surface area contributed by atoms with Gasteiger partial charge in [0.25, 0.3) is 0 Å². The van der Waals surface area contributed by atoms with Crippen LogP contribution in [0, 0.1) is 6.92 Å². The molecule has 6 nitrogen and oxygen atoms in total. The van der Waals surface area contributed by atoms with E-state index in [1.807, 2.05) is 44.2 Å². The molecule has 144 valence electrons. The molecule has 0 radical (unpaired) electrons. The predicted molar refractivity (Wildman–Crippen MR) is 110 cm³/mol. The highest BCUT2D eigenvalue weighted by Crippen LogP contribution is 2.20. The molecule has 2 rings (SSSR count). The Hall–Kier alpha value is -2.80. The van der Waals surface area contributed by atoms with E-state index in [9.17, 15) is 4.79 Å². The molecule has 0 unspecified atom stereocenters. The zero-order chi connectivity index (χ0) is 19.8. The van der Waals surface area contributed by atoms with Gasteiger partial charge in [-0.05, 0) is 68.0 Å². The van der Waals surface area contributed by atoms with Crippen molar-refractivity contribution in [3.8, 4) is 11.5 Å². The molecule has 2 N–H and O–H groups in total. The maximum Gasteiger partial charge on any atom is 0.338 e. The highest BCUT2D eigenvalue weighted by molar-refractivity contribution is 7.80. The molecule has 0 bridgehead atoms. The fraction of sp³-hybridized carbons (Fsp3) is 0.300. The van der Waals surface area contributed by atoms with Gasteiger partial charge in [0, 0.05) is 5.69 Å². The van der Waals surface area contributed by atoms with Crippen molar-refractivity contribution in [1.29, 1.82) is 0 Å². The molecular weight excluding hydrogens is 364 g/mol. The van der Waals surface area contributed by atoms with Gasteiger partial charge in [0.1, 0.15) is 18.1 Å². The molecule has 0 amide bonds. The third-order valence-electron chi connectivity index (χ3n) is 3.92. The number of methoxy groups -OCH3 is 2. The van der Waals surface area contributed by atoms with Crippen LogP contribution >= 0.6 is 12.2 Å². The van der Waals surface area contributed by atoms with E-state index in [2.05, 4.69) is 10.6 Å². The molecule has 0 aliphatic heterocycles. The zero-order valence-corrected chi connectivity index (χ0v) is 16.7. The molecule has 7 heteroatoms. The van der Waals surface area contributed by atoms with Crippen LogP contribution in [0.5, 0.6) is 11.5 Å². The van der Waals surface area contributed by atoms with Crippen molar-refractivity contribution >= 4 is 29.0 Å². The Kier molecular flexibility index (Phi) is 7.43. The summed E-state index contributed by atoms with van der Waals surface area (Å²) < 4.78 is 15.7. The summed E-state index contributed by atoms with van der Waals surface area (Å²) >= 11 is 5.36. The molecule has 2 aromatic rings. The van der Waals surface area contributed by atoms with E-state index >= 15 is 0 Å². The van der Waals surface area contributed by atoms with Gasteiger partial charge in [-0.1, -0.05) is 6.07 Å². The van der Waals surface area contributed by atoms with Gasteiger partial charge < -0.3 is 24.8 Å². The van der Waals surface area contributed by atoms with Gasteiger partial charge in [-0.15, -0.1) is 0 Å². The summed E-state index contributed by atoms with van der Waals surface area (Å²) in [6.07, 6.45) is 0. The molecule has 0 heterocycles. The van der Waals surface area contributed by atoms with Crippen molar-refractivity contribution in [3.05, 3.63) is 53.6 Å². The van der Waals surface area contributed by atoms with Crippen LogP contribution in [0.1, 0.15) is 22.8 Å². The van der Waals surface area contributed by atoms with E-state index in [0.29, 0.717) is 17.3 Å². The maximum atomic E-state index is 11.8. The second-order valence-electron chi connectivity index (χ2n) is 5.96. The number of hydrogen-bond donors (Lipinski definition) is 2. The Bertz CT molecular complexity index is 793. The van der Waals surface area contributed by atoms with Crippen molar-refractivity contribution in [2.75, 3.05) is 26.1 Å². The molecular formula is C20H24N2O4S. The number of hydrogen-bond acceptors (Lipinski definition) is 5. The molecule has 0 aliphatic rings. The van der Waals surface area contributed by atoms with Crippen molar-refractivity contribution in [1.82, 2.24) is 5.32 Å². The Morgan fingerprint density at radius 3 is 2.41 bits per heavy atom. The highest BCUT2D eigenvalue weighted by atomic mass is 32.1. The number of thiocarbonyl (C=S) groups is 1. The second kappa shape index (κ2) is 9.78. The lowest BCUT2D eigenvalue weighted by molar-refractivity contribution is 0.0600. The largest absolute Gasteiger partial charge is 0.497 e. The molecule has 0 aliphatic carbocycles. The minimum Gasteiger partial charge on any atom is -0.497 e. The Morgan fingerprint density at radius 1 is 1.11 bits per heavy atom. The number of ether oxygens (including phenoxy) is 3. The number of anilines is 1. The normalized spacial score (nSPS) is 11.3. The quantitative estimate of drug-likeness (QED) is 0.555. The van der Waals surface area contributed by atoms with Gasteiger partial charge in [-0.2, -0.15) is 0 Å². The molecule has 0 aromatic heterocycles. The average molecular weight is 388 g/mol. The van der Waals surface area contributed by atoms with Crippen LogP contribution in [0.15, 0.2) is 42.5 Å².